The number of piperidine rings is 1. The van der Waals surface area contributed by atoms with Crippen LogP contribution in [0.4, 0.5) is 0 Å². The van der Waals surface area contributed by atoms with Gasteiger partial charge in [-0.05, 0) is 127 Å². The monoisotopic (exact) mass is 792 g/mol. The first-order valence-electron chi connectivity index (χ1n) is 21.2. The van der Waals surface area contributed by atoms with E-state index in [1.807, 2.05) is 17.0 Å². The second-order valence-corrected chi connectivity index (χ2v) is 17.5. The van der Waals surface area contributed by atoms with Crippen LogP contribution >= 0.6 is 0 Å². The van der Waals surface area contributed by atoms with Crippen LogP contribution in [0.15, 0.2) is 84.9 Å². The Bertz CT molecular complexity index is 2300. The highest BCUT2D eigenvalue weighted by Gasteiger charge is 2.46. The molecule has 4 aromatic rings. The molecule has 3 fully saturated rings. The zero-order valence-electron chi connectivity index (χ0n) is 33.0. The van der Waals surface area contributed by atoms with Crippen LogP contribution in [0.2, 0.25) is 0 Å². The molecule has 5 amide bonds. The van der Waals surface area contributed by atoms with E-state index in [0.29, 0.717) is 30.7 Å². The maximum absolute atomic E-state index is 13.7. The fourth-order valence-electron chi connectivity index (χ4n) is 10.7. The molecule has 4 aliphatic heterocycles. The molecule has 1 unspecified atom stereocenters. The lowest BCUT2D eigenvalue weighted by atomic mass is 9.69. The van der Waals surface area contributed by atoms with Gasteiger partial charge in [0.05, 0.1) is 11.1 Å². The SMILES string of the molecule is O=C1CCC(N2C(=O)c3cc4c(cc3C2=O)CN(C(=O)C2CCC(CN3CC(Oc5ccc([C@@H]6c7ccc(O)cc7CC[C@@H]6c6ccccc6)cc5)C3)CC2)C4)C(=O)N1. The van der Waals surface area contributed by atoms with Gasteiger partial charge in [0.2, 0.25) is 17.7 Å². The molecule has 1 saturated carbocycles. The zero-order chi connectivity index (χ0) is 40.4. The number of benzene rings is 4. The number of nitrogens with zero attached hydrogens (tertiary/aromatic N) is 3. The van der Waals surface area contributed by atoms with E-state index in [0.717, 1.165) is 79.9 Å². The van der Waals surface area contributed by atoms with Gasteiger partial charge in [-0.15, -0.1) is 0 Å². The van der Waals surface area contributed by atoms with E-state index in [9.17, 15) is 29.1 Å². The number of carbonyl (C=O) groups is 5. The van der Waals surface area contributed by atoms with Crippen molar-refractivity contribution in [2.45, 2.75) is 88.4 Å². The highest BCUT2D eigenvalue weighted by atomic mass is 16.5. The highest BCUT2D eigenvalue weighted by Crippen LogP contribution is 2.47. The van der Waals surface area contributed by atoms with Crippen LogP contribution < -0.4 is 10.1 Å². The molecule has 59 heavy (non-hydrogen) atoms. The number of hydrogen-bond donors (Lipinski definition) is 2. The van der Waals surface area contributed by atoms with Gasteiger partial charge in [0.15, 0.2) is 0 Å². The molecule has 4 heterocycles. The van der Waals surface area contributed by atoms with Crippen molar-refractivity contribution in [1.82, 2.24) is 20.0 Å². The molecule has 0 aromatic heterocycles. The second-order valence-electron chi connectivity index (χ2n) is 17.5. The van der Waals surface area contributed by atoms with Crippen molar-refractivity contribution in [3.05, 3.63) is 129 Å². The summed E-state index contributed by atoms with van der Waals surface area (Å²) in [6, 6.07) is 27.6. The minimum Gasteiger partial charge on any atom is -0.508 e. The van der Waals surface area contributed by atoms with Crippen LogP contribution in [0.5, 0.6) is 11.5 Å². The number of likely N-dealkylation sites (tertiary alicyclic amines) is 1. The van der Waals surface area contributed by atoms with Gasteiger partial charge in [-0.25, -0.2) is 0 Å². The summed E-state index contributed by atoms with van der Waals surface area (Å²) < 4.78 is 6.43. The van der Waals surface area contributed by atoms with Crippen molar-refractivity contribution in [1.29, 1.82) is 0 Å². The first-order chi connectivity index (χ1) is 28.7. The average Bonchev–Trinajstić information content (AvgIpc) is 3.76. The summed E-state index contributed by atoms with van der Waals surface area (Å²) in [5.41, 5.74) is 7.34. The highest BCUT2D eigenvalue weighted by molar-refractivity contribution is 6.23. The molecule has 0 radical (unpaired) electrons. The molecule has 0 bridgehead atoms. The summed E-state index contributed by atoms with van der Waals surface area (Å²) in [5.74, 6) is 0.322. The van der Waals surface area contributed by atoms with Crippen LogP contribution in [0.1, 0.15) is 111 Å². The van der Waals surface area contributed by atoms with Crippen molar-refractivity contribution in [2.75, 3.05) is 19.6 Å². The summed E-state index contributed by atoms with van der Waals surface area (Å²) in [6.45, 7) is 3.58. The molecule has 11 nitrogen and oxygen atoms in total. The van der Waals surface area contributed by atoms with E-state index >= 15 is 0 Å². The van der Waals surface area contributed by atoms with Crippen molar-refractivity contribution >= 4 is 29.5 Å². The summed E-state index contributed by atoms with van der Waals surface area (Å²) in [7, 11) is 0. The lowest BCUT2D eigenvalue weighted by molar-refractivity contribution is -0.138. The molecule has 4 aromatic carbocycles. The van der Waals surface area contributed by atoms with Gasteiger partial charge in [-0.1, -0.05) is 48.5 Å². The molecule has 6 aliphatic rings. The van der Waals surface area contributed by atoms with Crippen LogP contribution in [0.3, 0.4) is 0 Å². The van der Waals surface area contributed by atoms with Gasteiger partial charge in [-0.2, -0.15) is 0 Å². The van der Waals surface area contributed by atoms with Crippen molar-refractivity contribution < 1.29 is 33.8 Å². The number of phenolic OH excluding ortho intramolecular Hbond substituents is 1. The van der Waals surface area contributed by atoms with Crippen LogP contribution in [0, 0.1) is 11.8 Å². The normalized spacial score (nSPS) is 25.6. The number of phenols is 1. The molecule has 10 rings (SSSR count). The molecule has 3 atom stereocenters. The van der Waals surface area contributed by atoms with Crippen LogP contribution in [0.25, 0.3) is 0 Å². The van der Waals surface area contributed by atoms with Crippen molar-refractivity contribution in [3.8, 4) is 11.5 Å². The van der Waals surface area contributed by atoms with E-state index in [4.69, 9.17) is 4.74 Å². The first-order valence-corrected chi connectivity index (χ1v) is 21.2. The second kappa shape index (κ2) is 15.1. The third-order valence-corrected chi connectivity index (χ3v) is 13.8. The van der Waals surface area contributed by atoms with Crippen LogP contribution in [-0.2, 0) is 33.9 Å². The van der Waals surface area contributed by atoms with Crippen molar-refractivity contribution in [2.24, 2.45) is 11.8 Å². The average molecular weight is 793 g/mol. The molecule has 2 aliphatic carbocycles. The predicted molar refractivity (Wildman–Crippen MR) is 218 cm³/mol. The Hall–Kier alpha value is -5.81. The first kappa shape index (κ1) is 37.5. The molecule has 11 heteroatoms. The Kier molecular flexibility index (Phi) is 9.58. The van der Waals surface area contributed by atoms with Crippen molar-refractivity contribution in [3.63, 3.8) is 0 Å². The smallest absolute Gasteiger partial charge is 0.262 e. The van der Waals surface area contributed by atoms with E-state index in [2.05, 4.69) is 70.9 Å². The number of rotatable bonds is 8. The van der Waals surface area contributed by atoms with Gasteiger partial charge in [0.1, 0.15) is 23.6 Å². The maximum Gasteiger partial charge on any atom is 0.262 e. The Morgan fingerprint density at radius 2 is 1.42 bits per heavy atom. The Morgan fingerprint density at radius 3 is 2.10 bits per heavy atom. The lowest BCUT2D eigenvalue weighted by Gasteiger charge is -2.42. The lowest BCUT2D eigenvalue weighted by Crippen LogP contribution is -2.55. The standard InChI is InChI=1S/C48H48N4O7/c53-35-13-17-39-32(20-35)12-16-38(29-4-2-1-3-5-29)44(39)30-10-14-36(15-11-30)59-37-26-50(27-37)23-28-6-8-31(9-7-28)46(56)51-24-33-21-40-41(22-34(33)25-51)48(58)52(47(40)57)42-18-19-43(54)49-45(42)55/h1-5,10-11,13-15,17,20-22,28,31,37-38,42,44,53H,6-9,12,16,18-19,23-27H2,(H,49,54,55)/t28?,31?,38-,42?,44+/m1/s1. The van der Waals surface area contributed by atoms with E-state index in [1.165, 1.54) is 22.3 Å². The number of ether oxygens (including phenoxy) is 1. The third-order valence-electron chi connectivity index (χ3n) is 13.8. The number of hydrogen-bond acceptors (Lipinski definition) is 8. The number of carbonyl (C=O) groups excluding carboxylic acids is 5. The van der Waals surface area contributed by atoms with Gasteiger partial charge < -0.3 is 14.7 Å². The van der Waals surface area contributed by atoms with Gasteiger partial charge in [0, 0.05) is 51.0 Å². The maximum atomic E-state index is 13.7. The Balaban J connectivity index is 0.695. The topological polar surface area (TPSA) is 137 Å². The number of amides is 5. The largest absolute Gasteiger partial charge is 0.508 e. The predicted octanol–water partition coefficient (Wildman–Crippen LogP) is 6.07. The minimum atomic E-state index is -0.999. The van der Waals surface area contributed by atoms with E-state index in [-0.39, 0.29) is 47.8 Å². The van der Waals surface area contributed by atoms with E-state index < -0.39 is 29.7 Å². The van der Waals surface area contributed by atoms with Gasteiger partial charge >= 0.3 is 0 Å². The Labute approximate surface area is 343 Å². The molecule has 2 N–H and O–H groups in total. The summed E-state index contributed by atoms with van der Waals surface area (Å²) in [4.78, 5) is 69.7. The van der Waals surface area contributed by atoms with Crippen LogP contribution in [-0.4, -0.2) is 81.1 Å². The number of aromatic hydroxyl groups is 1. The zero-order valence-corrected chi connectivity index (χ0v) is 33.0. The minimum absolute atomic E-state index is 0.0358. The fourth-order valence-corrected chi connectivity index (χ4v) is 10.7. The van der Waals surface area contributed by atoms with E-state index in [1.54, 1.807) is 12.1 Å². The fraction of sp³-hybridized carbons (Fsp3) is 0.396. The number of aryl methyl sites for hydroxylation is 1. The summed E-state index contributed by atoms with van der Waals surface area (Å²) in [5, 5.41) is 12.4. The molecule has 2 saturated heterocycles. The Morgan fingerprint density at radius 1 is 0.729 bits per heavy atom. The number of nitrogens with one attached hydrogen (secondary N) is 1. The quantitative estimate of drug-likeness (QED) is 0.206. The molecular formula is C48H48N4O7. The molecular weight excluding hydrogens is 745 g/mol. The van der Waals surface area contributed by atoms with Gasteiger partial charge in [-0.3, -0.25) is 39.1 Å². The number of imide groups is 2. The molecule has 0 spiro atoms. The third kappa shape index (κ3) is 6.99. The molecule has 302 valence electrons. The summed E-state index contributed by atoms with van der Waals surface area (Å²) in [6.07, 6.45) is 6.02. The van der Waals surface area contributed by atoms with Gasteiger partial charge in [0.25, 0.3) is 11.8 Å². The summed E-state index contributed by atoms with van der Waals surface area (Å²) >= 11 is 0. The number of fused-ring (bicyclic) bond motifs is 3.